The van der Waals surface area contributed by atoms with Crippen molar-refractivity contribution in [1.29, 1.82) is 0 Å². The van der Waals surface area contributed by atoms with E-state index in [-0.39, 0.29) is 0 Å². The van der Waals surface area contributed by atoms with Crippen molar-refractivity contribution in [3.05, 3.63) is 28.8 Å². The molecule has 0 aliphatic carbocycles. The van der Waals surface area contributed by atoms with Crippen LogP contribution in [0.4, 0.5) is 0 Å². The summed E-state index contributed by atoms with van der Waals surface area (Å²) in [6, 6.07) is 0. The summed E-state index contributed by atoms with van der Waals surface area (Å²) in [6.07, 6.45) is 13.7. The summed E-state index contributed by atoms with van der Waals surface area (Å²) in [4.78, 5) is 0. The zero-order valence-corrected chi connectivity index (χ0v) is 14.7. The maximum atomic E-state index is 5.96. The van der Waals surface area contributed by atoms with Gasteiger partial charge in [-0.25, -0.2) is 0 Å². The molecular formula is C15H21InO3. The third-order valence-corrected chi connectivity index (χ3v) is 12.1. The summed E-state index contributed by atoms with van der Waals surface area (Å²) in [5.74, 6) is 0. The Hall–Kier alpha value is -0.510. The van der Waals surface area contributed by atoms with Gasteiger partial charge in [-0.3, -0.25) is 0 Å². The number of hydrogen-bond donors (Lipinski definition) is 0. The summed E-state index contributed by atoms with van der Waals surface area (Å²) >= 11 is -2.39. The summed E-state index contributed by atoms with van der Waals surface area (Å²) in [5.41, 5.74) is 0. The first-order chi connectivity index (χ1) is 9.45. The third-order valence-electron chi connectivity index (χ3n) is 3.74. The van der Waals surface area contributed by atoms with E-state index < -0.39 is 21.4 Å². The molecule has 0 aromatic carbocycles. The van der Waals surface area contributed by atoms with Crippen molar-refractivity contribution in [2.24, 2.45) is 0 Å². The normalized spacial score (nSPS) is 23.1. The van der Waals surface area contributed by atoms with E-state index in [1.165, 1.54) is 10.5 Å². The van der Waals surface area contributed by atoms with Gasteiger partial charge in [0.1, 0.15) is 0 Å². The van der Waals surface area contributed by atoms with E-state index in [2.05, 4.69) is 18.2 Å². The van der Waals surface area contributed by atoms with Gasteiger partial charge in [0.2, 0.25) is 0 Å². The van der Waals surface area contributed by atoms with Crippen molar-refractivity contribution >= 4 is 21.4 Å². The van der Waals surface area contributed by atoms with Crippen LogP contribution in [0, 0.1) is 0 Å². The minimum atomic E-state index is -2.39. The Bertz CT molecular complexity index is 350. The molecule has 0 saturated carbocycles. The van der Waals surface area contributed by atoms with E-state index in [0.29, 0.717) is 0 Å². The Kier molecular flexibility index (Phi) is 4.81. The van der Waals surface area contributed by atoms with Gasteiger partial charge in [-0.05, 0) is 0 Å². The second kappa shape index (κ2) is 6.78. The second-order valence-electron chi connectivity index (χ2n) is 5.22. The van der Waals surface area contributed by atoms with Crippen LogP contribution >= 0.6 is 0 Å². The first kappa shape index (κ1) is 13.5. The predicted molar refractivity (Wildman–Crippen MR) is 75.6 cm³/mol. The van der Waals surface area contributed by atoms with Crippen molar-refractivity contribution < 1.29 is 14.2 Å². The van der Waals surface area contributed by atoms with Crippen LogP contribution in [0.3, 0.4) is 0 Å². The van der Waals surface area contributed by atoms with Crippen LogP contribution in [0.25, 0.3) is 0 Å². The van der Waals surface area contributed by atoms with E-state index in [9.17, 15) is 0 Å². The number of ether oxygens (including phenoxy) is 3. The Labute approximate surface area is 122 Å². The molecule has 0 aromatic heterocycles. The topological polar surface area (TPSA) is 27.7 Å². The molecular weight excluding hydrogens is 343 g/mol. The molecule has 0 aromatic rings. The molecule has 3 aliphatic rings. The quantitative estimate of drug-likeness (QED) is 0.770. The number of hydrogen-bond acceptors (Lipinski definition) is 3. The summed E-state index contributed by atoms with van der Waals surface area (Å²) in [6.45, 7) is 2.58. The molecule has 4 heteroatoms. The van der Waals surface area contributed by atoms with Crippen LogP contribution in [0.15, 0.2) is 28.8 Å². The fraction of sp³-hybridized carbons (Fsp3) is 0.600. The molecule has 0 atom stereocenters. The van der Waals surface area contributed by atoms with Gasteiger partial charge in [0.25, 0.3) is 0 Å². The van der Waals surface area contributed by atoms with Crippen LogP contribution in [-0.4, -0.2) is 41.3 Å². The van der Waals surface area contributed by atoms with E-state index in [1.807, 2.05) is 0 Å². The zero-order valence-electron chi connectivity index (χ0n) is 11.4. The minimum absolute atomic E-state index is 0.861. The summed E-state index contributed by atoms with van der Waals surface area (Å²) in [7, 11) is 0. The standard InChI is InChI=1S/3C5H7O.In/c3*1-2-4-6-5-3-1;/h3*2H,1,3,5H2;. The second-order valence-corrected chi connectivity index (χ2v) is 12.6. The monoisotopic (exact) mass is 364 g/mol. The van der Waals surface area contributed by atoms with Crippen LogP contribution in [0.2, 0.25) is 0 Å². The van der Waals surface area contributed by atoms with Gasteiger partial charge in [0, 0.05) is 0 Å². The van der Waals surface area contributed by atoms with Crippen LogP contribution in [0.5, 0.6) is 0 Å². The van der Waals surface area contributed by atoms with Gasteiger partial charge >= 0.3 is 123 Å². The molecule has 3 rings (SSSR count). The molecule has 3 nitrogen and oxygen atoms in total. The molecule has 0 unspecified atom stereocenters. The predicted octanol–water partition coefficient (Wildman–Crippen LogP) is 3.18. The van der Waals surface area contributed by atoms with E-state index >= 15 is 0 Å². The van der Waals surface area contributed by atoms with Crippen LogP contribution in [0.1, 0.15) is 38.5 Å². The maximum absolute atomic E-state index is 5.96. The molecule has 102 valence electrons. The molecule has 0 saturated heterocycles. The molecule has 3 aliphatic heterocycles. The summed E-state index contributed by atoms with van der Waals surface area (Å²) in [5, 5.41) is 0. The molecule has 0 bridgehead atoms. The van der Waals surface area contributed by atoms with Crippen molar-refractivity contribution in [1.82, 2.24) is 0 Å². The Morgan fingerprint density at radius 1 is 0.632 bits per heavy atom. The Morgan fingerprint density at radius 3 is 1.26 bits per heavy atom. The molecule has 0 spiro atoms. The van der Waals surface area contributed by atoms with Crippen molar-refractivity contribution in [3.8, 4) is 0 Å². The van der Waals surface area contributed by atoms with Gasteiger partial charge in [0.05, 0.1) is 0 Å². The molecule has 0 radical (unpaired) electrons. The molecule has 3 heterocycles. The van der Waals surface area contributed by atoms with Gasteiger partial charge < -0.3 is 0 Å². The van der Waals surface area contributed by atoms with Gasteiger partial charge in [0.15, 0.2) is 0 Å². The first-order valence-electron chi connectivity index (χ1n) is 7.44. The molecule has 0 fully saturated rings. The first-order valence-corrected chi connectivity index (χ1v) is 12.4. The van der Waals surface area contributed by atoms with Crippen molar-refractivity contribution in [2.45, 2.75) is 38.5 Å². The van der Waals surface area contributed by atoms with Crippen LogP contribution in [-0.2, 0) is 14.2 Å². The fourth-order valence-corrected chi connectivity index (χ4v) is 11.0. The van der Waals surface area contributed by atoms with Gasteiger partial charge in [-0.15, -0.1) is 0 Å². The van der Waals surface area contributed by atoms with Crippen LogP contribution < -0.4 is 0 Å². The average molecular weight is 364 g/mol. The Morgan fingerprint density at radius 2 is 1.00 bits per heavy atom. The summed E-state index contributed by atoms with van der Waals surface area (Å²) < 4.78 is 21.6. The number of rotatable bonds is 3. The average Bonchev–Trinajstić information content (AvgIpc) is 2.51. The van der Waals surface area contributed by atoms with Crippen molar-refractivity contribution in [2.75, 3.05) is 19.8 Å². The van der Waals surface area contributed by atoms with E-state index in [1.54, 1.807) is 0 Å². The molecule has 0 amide bonds. The Balaban J connectivity index is 1.87. The third kappa shape index (κ3) is 3.33. The van der Waals surface area contributed by atoms with E-state index in [0.717, 1.165) is 58.3 Å². The molecule has 0 N–H and O–H groups in total. The fourth-order valence-electron chi connectivity index (χ4n) is 2.75. The molecule has 19 heavy (non-hydrogen) atoms. The van der Waals surface area contributed by atoms with Gasteiger partial charge in [-0.1, -0.05) is 0 Å². The zero-order chi connectivity index (χ0) is 12.9. The number of allylic oxidation sites excluding steroid dienone is 3. The SMILES string of the molecule is C1=[C]([In]([C]2=CCCCO2)[C]2=CCCCO2)OCCC1. The van der Waals surface area contributed by atoms with Crippen molar-refractivity contribution in [3.63, 3.8) is 0 Å². The van der Waals surface area contributed by atoms with Gasteiger partial charge in [-0.2, -0.15) is 0 Å². The van der Waals surface area contributed by atoms with E-state index in [4.69, 9.17) is 14.2 Å².